The van der Waals surface area contributed by atoms with Crippen molar-refractivity contribution in [3.63, 3.8) is 0 Å². The molecule has 1 N–H and O–H groups in total. The molecule has 1 heterocycles. The second-order valence-corrected chi connectivity index (χ2v) is 8.56. The minimum atomic E-state index is -3.51. The summed E-state index contributed by atoms with van der Waals surface area (Å²) < 4.78 is 32.7. The van der Waals surface area contributed by atoms with Crippen molar-refractivity contribution < 1.29 is 17.9 Å². The molecular formula is C18H28N2O4S. The highest BCUT2D eigenvalue weighted by Gasteiger charge is 2.31. The van der Waals surface area contributed by atoms with Crippen LogP contribution >= 0.6 is 0 Å². The number of nitrogens with zero attached hydrogens (tertiary/aromatic N) is 1. The lowest BCUT2D eigenvalue weighted by atomic mass is 10.0. The Morgan fingerprint density at radius 3 is 2.44 bits per heavy atom. The Morgan fingerprint density at radius 2 is 1.84 bits per heavy atom. The second kappa shape index (κ2) is 9.31. The fourth-order valence-electron chi connectivity index (χ4n) is 2.82. The summed E-state index contributed by atoms with van der Waals surface area (Å²) in [6.45, 7) is 5.74. The van der Waals surface area contributed by atoms with E-state index in [9.17, 15) is 13.2 Å². The number of ether oxygens (including phenoxy) is 1. The van der Waals surface area contributed by atoms with Crippen molar-refractivity contribution in [2.75, 3.05) is 32.1 Å². The third-order valence-corrected chi connectivity index (χ3v) is 5.72. The van der Waals surface area contributed by atoms with Crippen LogP contribution in [0.3, 0.4) is 0 Å². The van der Waals surface area contributed by atoms with Gasteiger partial charge in [0.1, 0.15) is 6.04 Å². The van der Waals surface area contributed by atoms with Crippen LogP contribution in [0.1, 0.15) is 25.8 Å². The number of morpholine rings is 1. The highest BCUT2D eigenvalue weighted by atomic mass is 32.2. The van der Waals surface area contributed by atoms with Crippen LogP contribution in [-0.4, -0.2) is 57.3 Å². The van der Waals surface area contributed by atoms with Crippen LogP contribution < -0.4 is 4.72 Å². The Morgan fingerprint density at radius 1 is 1.20 bits per heavy atom. The number of aryl methyl sites for hydroxylation is 1. The van der Waals surface area contributed by atoms with E-state index in [1.165, 1.54) is 0 Å². The highest BCUT2D eigenvalue weighted by molar-refractivity contribution is 7.89. The van der Waals surface area contributed by atoms with Crippen molar-refractivity contribution in [2.45, 2.75) is 32.7 Å². The number of hydrogen-bond donors (Lipinski definition) is 1. The molecule has 0 spiro atoms. The third kappa shape index (κ3) is 6.41. The van der Waals surface area contributed by atoms with Gasteiger partial charge in [0.25, 0.3) is 0 Å². The topological polar surface area (TPSA) is 75.7 Å². The van der Waals surface area contributed by atoms with Gasteiger partial charge >= 0.3 is 0 Å². The first-order valence-electron chi connectivity index (χ1n) is 8.79. The first-order valence-corrected chi connectivity index (χ1v) is 10.4. The molecule has 1 aliphatic rings. The molecule has 0 unspecified atom stereocenters. The van der Waals surface area contributed by atoms with E-state index in [2.05, 4.69) is 4.72 Å². The zero-order valence-electron chi connectivity index (χ0n) is 15.0. The molecule has 0 radical (unpaired) electrons. The van der Waals surface area contributed by atoms with Gasteiger partial charge in [0.2, 0.25) is 15.9 Å². The molecule has 25 heavy (non-hydrogen) atoms. The van der Waals surface area contributed by atoms with Crippen molar-refractivity contribution in [2.24, 2.45) is 5.92 Å². The van der Waals surface area contributed by atoms with Crippen LogP contribution in [0.5, 0.6) is 0 Å². The van der Waals surface area contributed by atoms with Gasteiger partial charge in [0.05, 0.1) is 19.0 Å². The SMILES string of the molecule is CC(C)[C@H](NS(=O)(=O)CCCc1ccccc1)C(=O)N1CCOCC1. The summed E-state index contributed by atoms with van der Waals surface area (Å²) in [5, 5.41) is 0. The van der Waals surface area contributed by atoms with Crippen molar-refractivity contribution in [1.82, 2.24) is 9.62 Å². The quantitative estimate of drug-likeness (QED) is 0.753. The average molecular weight is 368 g/mol. The highest BCUT2D eigenvalue weighted by Crippen LogP contribution is 2.11. The maximum Gasteiger partial charge on any atom is 0.241 e. The fraction of sp³-hybridized carbons (Fsp3) is 0.611. The summed E-state index contributed by atoms with van der Waals surface area (Å²) in [6, 6.07) is 9.07. The van der Waals surface area contributed by atoms with Gasteiger partial charge in [0, 0.05) is 13.1 Å². The van der Waals surface area contributed by atoms with Gasteiger partial charge in [-0.15, -0.1) is 0 Å². The lowest BCUT2D eigenvalue weighted by Crippen LogP contribution is -2.54. The van der Waals surface area contributed by atoms with Gasteiger partial charge in [-0.05, 0) is 24.3 Å². The molecule has 6 nitrogen and oxygen atoms in total. The predicted molar refractivity (Wildman–Crippen MR) is 97.7 cm³/mol. The molecule has 1 aliphatic heterocycles. The summed E-state index contributed by atoms with van der Waals surface area (Å²) >= 11 is 0. The number of hydrogen-bond acceptors (Lipinski definition) is 4. The smallest absolute Gasteiger partial charge is 0.241 e. The van der Waals surface area contributed by atoms with Crippen LogP contribution in [0.25, 0.3) is 0 Å². The van der Waals surface area contributed by atoms with E-state index in [1.54, 1.807) is 4.90 Å². The predicted octanol–water partition coefficient (Wildman–Crippen LogP) is 1.42. The number of carbonyl (C=O) groups excluding carboxylic acids is 1. The Kier molecular flexibility index (Phi) is 7.40. The molecule has 1 atom stereocenters. The van der Waals surface area contributed by atoms with E-state index < -0.39 is 16.1 Å². The minimum Gasteiger partial charge on any atom is -0.378 e. The number of benzene rings is 1. The van der Waals surface area contributed by atoms with E-state index in [4.69, 9.17) is 4.74 Å². The van der Waals surface area contributed by atoms with Gasteiger partial charge < -0.3 is 9.64 Å². The Balaban J connectivity index is 1.91. The molecular weight excluding hydrogens is 340 g/mol. The molecule has 1 aromatic rings. The molecule has 0 aliphatic carbocycles. The number of carbonyl (C=O) groups is 1. The number of rotatable bonds is 8. The van der Waals surface area contributed by atoms with Crippen LogP contribution in [0, 0.1) is 5.92 Å². The fourth-order valence-corrected chi connectivity index (χ4v) is 4.22. The Hall–Kier alpha value is -1.44. The third-order valence-electron chi connectivity index (χ3n) is 4.28. The van der Waals surface area contributed by atoms with Gasteiger partial charge in [0.15, 0.2) is 0 Å². The van der Waals surface area contributed by atoms with E-state index >= 15 is 0 Å². The standard InChI is InChI=1S/C18H28N2O4S/c1-15(2)17(18(21)20-10-12-24-13-11-20)19-25(22,23)14-6-9-16-7-4-3-5-8-16/h3-5,7-8,15,17,19H,6,9-14H2,1-2H3/t17-/m0/s1. The lowest BCUT2D eigenvalue weighted by Gasteiger charge is -2.32. The Bertz CT molecular complexity index is 640. The van der Waals surface area contributed by atoms with E-state index in [1.807, 2.05) is 44.2 Å². The monoisotopic (exact) mass is 368 g/mol. The molecule has 1 saturated heterocycles. The number of sulfonamides is 1. The first kappa shape index (κ1) is 19.9. The molecule has 2 rings (SSSR count). The molecule has 1 fully saturated rings. The Labute approximate surface area is 150 Å². The maximum atomic E-state index is 12.7. The number of nitrogens with one attached hydrogen (secondary N) is 1. The van der Waals surface area contributed by atoms with E-state index in [-0.39, 0.29) is 17.6 Å². The average Bonchev–Trinajstić information content (AvgIpc) is 2.60. The first-order chi connectivity index (χ1) is 11.9. The summed E-state index contributed by atoms with van der Waals surface area (Å²) in [4.78, 5) is 14.3. The number of amides is 1. The summed E-state index contributed by atoms with van der Waals surface area (Å²) in [5.74, 6) is -0.259. The van der Waals surface area contributed by atoms with Crippen molar-refractivity contribution in [1.29, 1.82) is 0 Å². The molecule has 0 bridgehead atoms. The summed E-state index contributed by atoms with van der Waals surface area (Å²) in [7, 11) is -3.51. The van der Waals surface area contributed by atoms with Gasteiger partial charge in [-0.2, -0.15) is 0 Å². The minimum absolute atomic E-state index is 0.0154. The second-order valence-electron chi connectivity index (χ2n) is 6.69. The van der Waals surface area contributed by atoms with Gasteiger partial charge in [-0.1, -0.05) is 44.2 Å². The van der Waals surface area contributed by atoms with Crippen molar-refractivity contribution in [3.05, 3.63) is 35.9 Å². The molecule has 0 aromatic heterocycles. The molecule has 1 aromatic carbocycles. The zero-order valence-corrected chi connectivity index (χ0v) is 15.8. The van der Waals surface area contributed by atoms with Crippen molar-refractivity contribution >= 4 is 15.9 Å². The van der Waals surface area contributed by atoms with Crippen LogP contribution in [0.2, 0.25) is 0 Å². The zero-order chi connectivity index (χ0) is 18.3. The van der Waals surface area contributed by atoms with E-state index in [0.717, 1.165) is 5.56 Å². The lowest BCUT2D eigenvalue weighted by molar-refractivity contribution is -0.138. The van der Waals surface area contributed by atoms with Crippen LogP contribution in [0.15, 0.2) is 30.3 Å². The summed E-state index contributed by atoms with van der Waals surface area (Å²) in [5.41, 5.74) is 1.11. The molecule has 1 amide bonds. The van der Waals surface area contributed by atoms with Crippen LogP contribution in [0.4, 0.5) is 0 Å². The van der Waals surface area contributed by atoms with Gasteiger partial charge in [-0.25, -0.2) is 13.1 Å². The normalized spacial score (nSPS) is 16.8. The molecule has 0 saturated carbocycles. The van der Waals surface area contributed by atoms with Gasteiger partial charge in [-0.3, -0.25) is 4.79 Å². The van der Waals surface area contributed by atoms with Crippen LogP contribution in [-0.2, 0) is 26.0 Å². The van der Waals surface area contributed by atoms with E-state index in [0.29, 0.717) is 39.1 Å². The summed E-state index contributed by atoms with van der Waals surface area (Å²) in [6.07, 6.45) is 1.22. The maximum absolute atomic E-state index is 12.7. The molecule has 140 valence electrons. The van der Waals surface area contributed by atoms with Crippen molar-refractivity contribution in [3.8, 4) is 0 Å². The molecule has 7 heteroatoms. The largest absolute Gasteiger partial charge is 0.378 e.